The van der Waals surface area contributed by atoms with Crippen LogP contribution in [0, 0.1) is 0 Å². The molecule has 1 rings (SSSR count). The van der Waals surface area contributed by atoms with E-state index in [1.54, 1.807) is 19.1 Å². The maximum absolute atomic E-state index is 11.5. The van der Waals surface area contributed by atoms with Crippen LogP contribution in [0.3, 0.4) is 0 Å². The minimum atomic E-state index is 0.0484. The molecule has 1 aromatic rings. The lowest BCUT2D eigenvalue weighted by atomic mass is 10.1. The van der Waals surface area contributed by atoms with Crippen molar-refractivity contribution in [2.75, 3.05) is 0 Å². The van der Waals surface area contributed by atoms with Gasteiger partial charge in [0, 0.05) is 11.3 Å². The number of carbonyl (C=O) groups is 1. The van der Waals surface area contributed by atoms with Crippen molar-refractivity contribution in [3.05, 3.63) is 35.9 Å². The number of ketones is 1. The van der Waals surface area contributed by atoms with Crippen molar-refractivity contribution in [3.8, 4) is 0 Å². The van der Waals surface area contributed by atoms with Gasteiger partial charge in [-0.3, -0.25) is 4.79 Å². The number of carbonyl (C=O) groups excluding carboxylic acids is 1. The number of rotatable bonds is 3. The zero-order valence-electron chi connectivity index (χ0n) is 7.53. The molecule has 3 heteroatoms. The predicted octanol–water partition coefficient (Wildman–Crippen LogP) is 1.59. The summed E-state index contributed by atoms with van der Waals surface area (Å²) in [6, 6.07) is 9.11. The number of hydrazone groups is 1. The second-order valence-electron chi connectivity index (χ2n) is 2.83. The van der Waals surface area contributed by atoms with E-state index in [2.05, 4.69) is 5.10 Å². The van der Waals surface area contributed by atoms with Gasteiger partial charge in [0.25, 0.3) is 0 Å². The molecular weight excluding hydrogens is 164 g/mol. The van der Waals surface area contributed by atoms with Crippen molar-refractivity contribution >= 4 is 11.5 Å². The first-order chi connectivity index (χ1) is 6.24. The molecule has 2 N–H and O–H groups in total. The molecule has 0 amide bonds. The molecule has 0 aliphatic rings. The topological polar surface area (TPSA) is 55.5 Å². The Morgan fingerprint density at radius 2 is 2.00 bits per heavy atom. The average molecular weight is 176 g/mol. The minimum absolute atomic E-state index is 0.0484. The van der Waals surface area contributed by atoms with Crippen LogP contribution in [0.25, 0.3) is 0 Å². The van der Waals surface area contributed by atoms with Gasteiger partial charge < -0.3 is 5.84 Å². The predicted molar refractivity (Wildman–Crippen MR) is 52.7 cm³/mol. The third-order valence-corrected chi connectivity index (χ3v) is 1.73. The zero-order valence-corrected chi connectivity index (χ0v) is 7.53. The highest BCUT2D eigenvalue weighted by molar-refractivity contribution is 6.08. The molecule has 1 aromatic carbocycles. The summed E-state index contributed by atoms with van der Waals surface area (Å²) in [4.78, 5) is 11.5. The maximum atomic E-state index is 11.5. The first-order valence-electron chi connectivity index (χ1n) is 4.05. The normalized spacial score (nSPS) is 11.3. The molecule has 0 spiro atoms. The summed E-state index contributed by atoms with van der Waals surface area (Å²) in [6.07, 6.45) is 0.292. The van der Waals surface area contributed by atoms with Gasteiger partial charge in [-0.15, -0.1) is 0 Å². The molecule has 0 unspecified atom stereocenters. The summed E-state index contributed by atoms with van der Waals surface area (Å²) in [6.45, 7) is 1.74. The van der Waals surface area contributed by atoms with Gasteiger partial charge in [-0.2, -0.15) is 5.10 Å². The number of hydrogen-bond acceptors (Lipinski definition) is 3. The Bertz CT molecular complexity index is 317. The number of nitrogens with zero attached hydrogens (tertiary/aromatic N) is 1. The summed E-state index contributed by atoms with van der Waals surface area (Å²) in [5.41, 5.74) is 1.35. The first-order valence-corrected chi connectivity index (χ1v) is 4.05. The van der Waals surface area contributed by atoms with Crippen LogP contribution in [-0.2, 0) is 0 Å². The first kappa shape index (κ1) is 9.45. The molecule has 0 atom stereocenters. The summed E-state index contributed by atoms with van der Waals surface area (Å²) < 4.78 is 0. The molecular formula is C10H12N2O. The van der Waals surface area contributed by atoms with Crippen LogP contribution in [0.1, 0.15) is 23.7 Å². The Labute approximate surface area is 77.3 Å². The fourth-order valence-corrected chi connectivity index (χ4v) is 1.00. The standard InChI is InChI=1S/C10H12N2O/c1-8(12-11)7-10(13)9-5-3-2-4-6-9/h2-6H,7,11H2,1H3. The van der Waals surface area contributed by atoms with Crippen LogP contribution in [0.15, 0.2) is 35.4 Å². The number of Topliss-reactive ketones (excluding diaryl/α,β-unsaturated/α-hetero) is 1. The second-order valence-corrected chi connectivity index (χ2v) is 2.83. The molecule has 0 aromatic heterocycles. The van der Waals surface area contributed by atoms with E-state index in [0.717, 1.165) is 0 Å². The van der Waals surface area contributed by atoms with Gasteiger partial charge in [-0.05, 0) is 6.92 Å². The molecule has 0 radical (unpaired) electrons. The highest BCUT2D eigenvalue weighted by Gasteiger charge is 2.05. The molecule has 0 saturated carbocycles. The highest BCUT2D eigenvalue weighted by Crippen LogP contribution is 2.03. The van der Waals surface area contributed by atoms with Gasteiger partial charge in [-0.1, -0.05) is 30.3 Å². The van der Waals surface area contributed by atoms with Crippen molar-refractivity contribution < 1.29 is 4.79 Å². The Balaban J connectivity index is 2.70. The minimum Gasteiger partial charge on any atom is -0.323 e. The molecule has 3 nitrogen and oxygen atoms in total. The lowest BCUT2D eigenvalue weighted by Crippen LogP contribution is -2.06. The smallest absolute Gasteiger partial charge is 0.168 e. The van der Waals surface area contributed by atoms with Crippen LogP contribution in [0.5, 0.6) is 0 Å². The summed E-state index contributed by atoms with van der Waals surface area (Å²) in [7, 11) is 0. The van der Waals surface area contributed by atoms with E-state index in [-0.39, 0.29) is 5.78 Å². The fourth-order valence-electron chi connectivity index (χ4n) is 1.00. The third kappa shape index (κ3) is 2.71. The van der Waals surface area contributed by atoms with E-state index in [0.29, 0.717) is 17.7 Å². The van der Waals surface area contributed by atoms with Crippen molar-refractivity contribution in [2.45, 2.75) is 13.3 Å². The van der Waals surface area contributed by atoms with E-state index >= 15 is 0 Å². The largest absolute Gasteiger partial charge is 0.323 e. The van der Waals surface area contributed by atoms with Gasteiger partial charge in [0.2, 0.25) is 0 Å². The highest BCUT2D eigenvalue weighted by atomic mass is 16.1. The van der Waals surface area contributed by atoms with Gasteiger partial charge >= 0.3 is 0 Å². The molecule has 13 heavy (non-hydrogen) atoms. The van der Waals surface area contributed by atoms with Crippen LogP contribution in [0.2, 0.25) is 0 Å². The van der Waals surface area contributed by atoms with Crippen molar-refractivity contribution in [1.29, 1.82) is 0 Å². The van der Waals surface area contributed by atoms with Crippen LogP contribution in [0.4, 0.5) is 0 Å². The van der Waals surface area contributed by atoms with Gasteiger partial charge in [-0.25, -0.2) is 0 Å². The Kier molecular flexibility index (Phi) is 3.20. The van der Waals surface area contributed by atoms with E-state index < -0.39 is 0 Å². The van der Waals surface area contributed by atoms with E-state index in [9.17, 15) is 4.79 Å². The Morgan fingerprint density at radius 3 is 2.54 bits per heavy atom. The fraction of sp³-hybridized carbons (Fsp3) is 0.200. The van der Waals surface area contributed by atoms with Crippen molar-refractivity contribution in [1.82, 2.24) is 0 Å². The molecule has 0 bridgehead atoms. The monoisotopic (exact) mass is 176 g/mol. The molecule has 0 saturated heterocycles. The van der Waals surface area contributed by atoms with Crippen molar-refractivity contribution in [2.24, 2.45) is 10.9 Å². The number of nitrogens with two attached hydrogens (primary N) is 1. The maximum Gasteiger partial charge on any atom is 0.168 e. The SMILES string of the molecule is CC(CC(=O)c1ccccc1)=NN. The third-order valence-electron chi connectivity index (χ3n) is 1.73. The van der Waals surface area contributed by atoms with Crippen LogP contribution >= 0.6 is 0 Å². The van der Waals surface area contributed by atoms with Crippen LogP contribution < -0.4 is 5.84 Å². The van der Waals surface area contributed by atoms with Gasteiger partial charge in [0.05, 0.1) is 6.42 Å². The van der Waals surface area contributed by atoms with E-state index in [1.165, 1.54) is 0 Å². The quantitative estimate of drug-likeness (QED) is 0.329. The van der Waals surface area contributed by atoms with Crippen LogP contribution in [-0.4, -0.2) is 11.5 Å². The van der Waals surface area contributed by atoms with E-state index in [4.69, 9.17) is 5.84 Å². The number of hydrogen-bond donors (Lipinski definition) is 1. The van der Waals surface area contributed by atoms with Gasteiger partial charge in [0.1, 0.15) is 0 Å². The lowest BCUT2D eigenvalue weighted by Gasteiger charge is -1.98. The van der Waals surface area contributed by atoms with E-state index in [1.807, 2.05) is 18.2 Å². The molecule has 0 aliphatic heterocycles. The lowest BCUT2D eigenvalue weighted by molar-refractivity contribution is 0.100. The van der Waals surface area contributed by atoms with Crippen molar-refractivity contribution in [3.63, 3.8) is 0 Å². The second kappa shape index (κ2) is 4.40. The molecule has 0 aliphatic carbocycles. The molecule has 68 valence electrons. The summed E-state index contributed by atoms with van der Waals surface area (Å²) in [5, 5.41) is 3.45. The summed E-state index contributed by atoms with van der Waals surface area (Å²) in [5.74, 6) is 5.08. The Hall–Kier alpha value is -1.64. The summed E-state index contributed by atoms with van der Waals surface area (Å²) >= 11 is 0. The van der Waals surface area contributed by atoms with Gasteiger partial charge in [0.15, 0.2) is 5.78 Å². The zero-order chi connectivity index (χ0) is 9.68. The Morgan fingerprint density at radius 1 is 1.38 bits per heavy atom. The molecule has 0 heterocycles. The average Bonchev–Trinajstić information content (AvgIpc) is 2.19. The molecule has 0 fully saturated rings. The number of benzene rings is 1.